The van der Waals surface area contributed by atoms with Crippen molar-refractivity contribution in [3.63, 3.8) is 0 Å². The second-order valence-corrected chi connectivity index (χ2v) is 8.32. The number of likely N-dealkylation sites (tertiary alicyclic amines) is 1. The number of carbonyl (C=O) groups excluding carboxylic acids is 4. The molecule has 1 unspecified atom stereocenters. The Labute approximate surface area is 168 Å². The number of benzene rings is 1. The molecule has 0 radical (unpaired) electrons. The molecule has 148 valence electrons. The van der Waals surface area contributed by atoms with Crippen molar-refractivity contribution < 1.29 is 19.2 Å². The van der Waals surface area contributed by atoms with Gasteiger partial charge in [-0.1, -0.05) is 12.1 Å². The number of fused-ring (bicyclic) bond motifs is 1. The Morgan fingerprint density at radius 1 is 1.04 bits per heavy atom. The molecule has 0 spiro atoms. The fourth-order valence-corrected chi connectivity index (χ4v) is 5.19. The molecule has 7 nitrogen and oxygen atoms in total. The smallest absolute Gasteiger partial charge is 0.261 e. The maximum absolute atomic E-state index is 12.7. The van der Waals surface area contributed by atoms with Gasteiger partial charge in [0.05, 0.1) is 17.0 Å². The molecule has 3 aliphatic rings. The van der Waals surface area contributed by atoms with Gasteiger partial charge >= 0.3 is 0 Å². The van der Waals surface area contributed by atoms with Gasteiger partial charge in [0.15, 0.2) is 0 Å². The lowest BCUT2D eigenvalue weighted by atomic mass is 10.1. The van der Waals surface area contributed by atoms with Gasteiger partial charge in [-0.15, -0.1) is 11.8 Å². The molecule has 0 N–H and O–H groups in total. The van der Waals surface area contributed by atoms with Crippen LogP contribution in [0.5, 0.6) is 0 Å². The summed E-state index contributed by atoms with van der Waals surface area (Å²) in [5.41, 5.74) is 0.845. The standard InChI is InChI=1S/C20H23N3O4S/c24-17(23-13-28-12-16(23)20(27)21-9-3-4-10-21)8-5-11-22-18(25)14-6-1-2-7-15(14)19(22)26/h1-2,6-7,16H,3-5,8-13H2. The van der Waals surface area contributed by atoms with Gasteiger partial charge < -0.3 is 9.80 Å². The summed E-state index contributed by atoms with van der Waals surface area (Å²) >= 11 is 1.60. The van der Waals surface area contributed by atoms with Crippen molar-refractivity contribution in [1.82, 2.24) is 14.7 Å². The van der Waals surface area contributed by atoms with E-state index >= 15 is 0 Å². The number of thioether (sulfide) groups is 1. The topological polar surface area (TPSA) is 78.0 Å². The minimum Gasteiger partial charge on any atom is -0.341 e. The van der Waals surface area contributed by atoms with Gasteiger partial charge in [0, 0.05) is 31.8 Å². The molecule has 2 saturated heterocycles. The molecule has 3 aliphatic heterocycles. The van der Waals surface area contributed by atoms with Crippen molar-refractivity contribution >= 4 is 35.4 Å². The van der Waals surface area contributed by atoms with Gasteiger partial charge in [-0.2, -0.15) is 0 Å². The lowest BCUT2D eigenvalue weighted by Gasteiger charge is -2.27. The average Bonchev–Trinajstić information content (AvgIpc) is 3.45. The Morgan fingerprint density at radius 2 is 1.68 bits per heavy atom. The Hall–Kier alpha value is -2.35. The summed E-state index contributed by atoms with van der Waals surface area (Å²) in [5.74, 6) is 0.532. The first-order valence-electron chi connectivity index (χ1n) is 9.69. The summed E-state index contributed by atoms with van der Waals surface area (Å²) < 4.78 is 0. The predicted octanol–water partition coefficient (Wildman–Crippen LogP) is 1.59. The zero-order chi connectivity index (χ0) is 19.7. The number of hydrogen-bond acceptors (Lipinski definition) is 5. The minimum absolute atomic E-state index is 0.0520. The van der Waals surface area contributed by atoms with E-state index in [-0.39, 0.29) is 42.6 Å². The zero-order valence-electron chi connectivity index (χ0n) is 15.6. The summed E-state index contributed by atoms with van der Waals surface area (Å²) in [4.78, 5) is 54.9. The quantitative estimate of drug-likeness (QED) is 0.700. The molecule has 4 rings (SSSR count). The molecule has 1 aromatic carbocycles. The molecule has 3 heterocycles. The Bertz CT molecular complexity index is 786. The van der Waals surface area contributed by atoms with Crippen LogP contribution in [0, 0.1) is 0 Å². The highest BCUT2D eigenvalue weighted by atomic mass is 32.2. The van der Waals surface area contributed by atoms with Crippen molar-refractivity contribution in [2.24, 2.45) is 0 Å². The molecule has 8 heteroatoms. The monoisotopic (exact) mass is 401 g/mol. The lowest BCUT2D eigenvalue weighted by Crippen LogP contribution is -2.48. The van der Waals surface area contributed by atoms with Gasteiger partial charge in [0.25, 0.3) is 11.8 Å². The first-order chi connectivity index (χ1) is 13.6. The number of carbonyl (C=O) groups is 4. The van der Waals surface area contributed by atoms with Crippen LogP contribution < -0.4 is 0 Å². The second kappa shape index (κ2) is 7.95. The lowest BCUT2D eigenvalue weighted by molar-refractivity contribution is -0.142. The predicted molar refractivity (Wildman–Crippen MR) is 105 cm³/mol. The van der Waals surface area contributed by atoms with Gasteiger partial charge in [-0.3, -0.25) is 24.1 Å². The largest absolute Gasteiger partial charge is 0.341 e. The van der Waals surface area contributed by atoms with E-state index in [1.165, 1.54) is 4.90 Å². The Morgan fingerprint density at radius 3 is 2.32 bits per heavy atom. The van der Waals surface area contributed by atoms with Crippen molar-refractivity contribution in [3.8, 4) is 0 Å². The van der Waals surface area contributed by atoms with Crippen LogP contribution in [-0.2, 0) is 9.59 Å². The highest BCUT2D eigenvalue weighted by Gasteiger charge is 2.38. The van der Waals surface area contributed by atoms with E-state index in [0.717, 1.165) is 25.9 Å². The molecular formula is C20H23N3O4S. The fourth-order valence-electron chi connectivity index (χ4n) is 4.02. The van der Waals surface area contributed by atoms with Crippen molar-refractivity contribution in [2.45, 2.75) is 31.7 Å². The Balaban J connectivity index is 1.31. The molecule has 0 aromatic heterocycles. The molecule has 0 saturated carbocycles. The van der Waals surface area contributed by atoms with Crippen molar-refractivity contribution in [1.29, 1.82) is 0 Å². The molecule has 0 aliphatic carbocycles. The zero-order valence-corrected chi connectivity index (χ0v) is 16.5. The van der Waals surface area contributed by atoms with Crippen LogP contribution in [0.4, 0.5) is 0 Å². The highest BCUT2D eigenvalue weighted by Crippen LogP contribution is 2.26. The number of hydrogen-bond donors (Lipinski definition) is 0. The average molecular weight is 401 g/mol. The van der Waals surface area contributed by atoms with E-state index in [0.29, 0.717) is 29.2 Å². The molecule has 0 bridgehead atoms. The van der Waals surface area contributed by atoms with Crippen LogP contribution in [0.25, 0.3) is 0 Å². The maximum Gasteiger partial charge on any atom is 0.261 e. The van der Waals surface area contributed by atoms with Gasteiger partial charge in [0.1, 0.15) is 6.04 Å². The highest BCUT2D eigenvalue weighted by molar-refractivity contribution is 7.99. The molecule has 4 amide bonds. The summed E-state index contributed by atoms with van der Waals surface area (Å²) in [6, 6.07) is 6.39. The third-order valence-corrected chi connectivity index (χ3v) is 6.57. The van der Waals surface area contributed by atoms with Gasteiger partial charge in [-0.25, -0.2) is 0 Å². The van der Waals surface area contributed by atoms with Crippen molar-refractivity contribution in [3.05, 3.63) is 35.4 Å². The SMILES string of the molecule is O=C(C1CSCN1C(=O)CCCN1C(=O)c2ccccc2C1=O)N1CCCC1. The van der Waals surface area contributed by atoms with Crippen LogP contribution in [0.1, 0.15) is 46.4 Å². The first kappa shape index (κ1) is 19.0. The minimum atomic E-state index is -0.380. The van der Waals surface area contributed by atoms with Crippen LogP contribution in [0.15, 0.2) is 24.3 Å². The summed E-state index contributed by atoms with van der Waals surface area (Å²) in [6.07, 6.45) is 2.67. The number of nitrogens with zero attached hydrogens (tertiary/aromatic N) is 3. The summed E-state index contributed by atoms with van der Waals surface area (Å²) in [5, 5.41) is 0. The normalized spacial score (nSPS) is 21.6. The van der Waals surface area contributed by atoms with E-state index in [1.54, 1.807) is 40.9 Å². The van der Waals surface area contributed by atoms with Gasteiger partial charge in [-0.05, 0) is 31.4 Å². The van der Waals surface area contributed by atoms with Crippen LogP contribution in [0.3, 0.4) is 0 Å². The van der Waals surface area contributed by atoms with E-state index < -0.39 is 0 Å². The van der Waals surface area contributed by atoms with Crippen LogP contribution >= 0.6 is 11.8 Å². The van der Waals surface area contributed by atoms with E-state index in [4.69, 9.17) is 0 Å². The van der Waals surface area contributed by atoms with E-state index in [2.05, 4.69) is 0 Å². The Kier molecular flexibility index (Phi) is 5.39. The second-order valence-electron chi connectivity index (χ2n) is 7.32. The number of amides is 4. The van der Waals surface area contributed by atoms with E-state index in [1.807, 2.05) is 4.90 Å². The molecule has 2 fully saturated rings. The summed E-state index contributed by atoms with van der Waals surface area (Å²) in [7, 11) is 0. The summed E-state index contributed by atoms with van der Waals surface area (Å²) in [6.45, 7) is 1.77. The third kappa shape index (κ3) is 3.41. The molecule has 1 atom stereocenters. The van der Waals surface area contributed by atoms with Crippen LogP contribution in [-0.4, -0.2) is 75.6 Å². The van der Waals surface area contributed by atoms with Crippen molar-refractivity contribution in [2.75, 3.05) is 31.3 Å². The first-order valence-corrected chi connectivity index (χ1v) is 10.8. The molecular weight excluding hydrogens is 378 g/mol. The fraction of sp³-hybridized carbons (Fsp3) is 0.500. The maximum atomic E-state index is 12.7. The number of imide groups is 1. The van der Waals surface area contributed by atoms with E-state index in [9.17, 15) is 19.2 Å². The number of rotatable bonds is 5. The molecule has 1 aromatic rings. The third-order valence-electron chi connectivity index (χ3n) is 5.56. The van der Waals surface area contributed by atoms with Crippen LogP contribution in [0.2, 0.25) is 0 Å². The molecule has 28 heavy (non-hydrogen) atoms. The van der Waals surface area contributed by atoms with Gasteiger partial charge in [0.2, 0.25) is 11.8 Å².